The normalized spacial score (nSPS) is 12.5. The number of anilines is 1. The molecule has 2 N–H and O–H groups in total. The summed E-state index contributed by atoms with van der Waals surface area (Å²) in [4.78, 5) is 20.8. The maximum Gasteiger partial charge on any atom is 0.346 e. The summed E-state index contributed by atoms with van der Waals surface area (Å²) in [5, 5.41) is 13.4. The van der Waals surface area contributed by atoms with Crippen LogP contribution in [0.2, 0.25) is 0 Å². The zero-order valence-corrected chi connectivity index (χ0v) is 14.0. The van der Waals surface area contributed by atoms with Crippen LogP contribution in [-0.4, -0.2) is 38.6 Å². The van der Waals surface area contributed by atoms with Crippen molar-refractivity contribution in [3.63, 3.8) is 0 Å². The highest BCUT2D eigenvalue weighted by atomic mass is 32.2. The summed E-state index contributed by atoms with van der Waals surface area (Å²) < 4.78 is 0. The average molecular weight is 325 g/mol. The Morgan fingerprint density at radius 1 is 1.52 bits per heavy atom. The lowest BCUT2D eigenvalue weighted by atomic mass is 10.2. The van der Waals surface area contributed by atoms with E-state index in [0.29, 0.717) is 4.88 Å². The van der Waals surface area contributed by atoms with Gasteiger partial charge >= 0.3 is 5.97 Å². The second-order valence-corrected chi connectivity index (χ2v) is 7.19. The van der Waals surface area contributed by atoms with Crippen molar-refractivity contribution in [3.8, 4) is 0 Å². The van der Waals surface area contributed by atoms with Crippen molar-refractivity contribution in [2.24, 2.45) is 0 Å². The number of aryl methyl sites for hydroxylation is 1. The molecule has 0 aliphatic heterocycles. The number of carbonyl (C=O) groups is 1. The third kappa shape index (κ3) is 3.65. The fourth-order valence-corrected chi connectivity index (χ4v) is 3.89. The predicted molar refractivity (Wildman–Crippen MR) is 89.8 cm³/mol. The molecule has 0 saturated heterocycles. The summed E-state index contributed by atoms with van der Waals surface area (Å²) in [5.41, 5.74) is 0.737. The average Bonchev–Trinajstić information content (AvgIpc) is 2.78. The SMILES string of the molecule is CCSCCC(C)Nc1ncnc2sc(C(=O)O)c(C)c12. The lowest BCUT2D eigenvalue weighted by Crippen LogP contribution is -2.17. The fourth-order valence-electron chi connectivity index (χ4n) is 2.10. The summed E-state index contributed by atoms with van der Waals surface area (Å²) >= 11 is 3.11. The zero-order chi connectivity index (χ0) is 15.4. The molecular formula is C14H19N3O2S2. The molecule has 5 nitrogen and oxygen atoms in total. The number of fused-ring (bicyclic) bond motifs is 1. The van der Waals surface area contributed by atoms with E-state index in [0.717, 1.165) is 39.5 Å². The minimum absolute atomic E-state index is 0.287. The van der Waals surface area contributed by atoms with E-state index in [2.05, 4.69) is 29.1 Å². The van der Waals surface area contributed by atoms with Gasteiger partial charge in [0.15, 0.2) is 0 Å². The van der Waals surface area contributed by atoms with Crippen LogP contribution in [0.5, 0.6) is 0 Å². The molecule has 0 aliphatic carbocycles. The maximum absolute atomic E-state index is 11.2. The third-order valence-corrected chi connectivity index (χ3v) is 5.32. The first kappa shape index (κ1) is 16.0. The Kier molecular flexibility index (Phi) is 5.41. The van der Waals surface area contributed by atoms with Crippen LogP contribution in [0.3, 0.4) is 0 Å². The molecule has 21 heavy (non-hydrogen) atoms. The van der Waals surface area contributed by atoms with Crippen LogP contribution in [0.25, 0.3) is 10.2 Å². The number of thioether (sulfide) groups is 1. The topological polar surface area (TPSA) is 75.1 Å². The number of aromatic nitrogens is 2. The molecule has 0 fully saturated rings. The molecule has 0 amide bonds. The van der Waals surface area contributed by atoms with Crippen LogP contribution >= 0.6 is 23.1 Å². The van der Waals surface area contributed by atoms with Crippen molar-refractivity contribution in [3.05, 3.63) is 16.8 Å². The number of thiophene rings is 1. The van der Waals surface area contributed by atoms with Crippen molar-refractivity contribution in [2.75, 3.05) is 16.8 Å². The van der Waals surface area contributed by atoms with Gasteiger partial charge in [-0.1, -0.05) is 6.92 Å². The van der Waals surface area contributed by atoms with E-state index in [9.17, 15) is 9.90 Å². The Bertz CT molecular complexity index is 642. The summed E-state index contributed by atoms with van der Waals surface area (Å²) in [6.45, 7) is 6.08. The Morgan fingerprint density at radius 2 is 2.29 bits per heavy atom. The van der Waals surface area contributed by atoms with Gasteiger partial charge < -0.3 is 10.4 Å². The van der Waals surface area contributed by atoms with Gasteiger partial charge in [0.25, 0.3) is 0 Å². The lowest BCUT2D eigenvalue weighted by Gasteiger charge is -2.14. The van der Waals surface area contributed by atoms with Gasteiger partial charge in [-0.25, -0.2) is 14.8 Å². The second kappa shape index (κ2) is 7.09. The lowest BCUT2D eigenvalue weighted by molar-refractivity contribution is 0.0701. The summed E-state index contributed by atoms with van der Waals surface area (Å²) in [6, 6.07) is 0.287. The molecule has 2 aromatic rings. The first-order chi connectivity index (χ1) is 10.0. The molecule has 2 heterocycles. The van der Waals surface area contributed by atoms with E-state index in [4.69, 9.17) is 0 Å². The Morgan fingerprint density at radius 3 is 2.95 bits per heavy atom. The Labute approximate surface area is 132 Å². The highest BCUT2D eigenvalue weighted by Gasteiger charge is 2.19. The van der Waals surface area contributed by atoms with Crippen LogP contribution in [0.1, 0.15) is 35.5 Å². The Balaban J connectivity index is 2.25. The molecule has 0 spiro atoms. The molecular weight excluding hydrogens is 306 g/mol. The van der Waals surface area contributed by atoms with E-state index in [-0.39, 0.29) is 6.04 Å². The minimum Gasteiger partial charge on any atom is -0.477 e. The van der Waals surface area contributed by atoms with Crippen molar-refractivity contribution in [1.82, 2.24) is 9.97 Å². The number of carboxylic acids is 1. The van der Waals surface area contributed by atoms with Gasteiger partial charge in [0.05, 0.1) is 5.39 Å². The number of nitrogens with one attached hydrogen (secondary N) is 1. The molecule has 0 aromatic carbocycles. The van der Waals surface area contributed by atoms with Crippen molar-refractivity contribution >= 4 is 45.1 Å². The van der Waals surface area contributed by atoms with Crippen LogP contribution in [-0.2, 0) is 0 Å². The van der Waals surface area contributed by atoms with Gasteiger partial charge in [0.2, 0.25) is 0 Å². The third-order valence-electron chi connectivity index (χ3n) is 3.20. The van der Waals surface area contributed by atoms with E-state index < -0.39 is 5.97 Å². The van der Waals surface area contributed by atoms with Crippen LogP contribution in [0, 0.1) is 6.92 Å². The van der Waals surface area contributed by atoms with Gasteiger partial charge in [-0.2, -0.15) is 11.8 Å². The zero-order valence-electron chi connectivity index (χ0n) is 12.3. The molecule has 7 heteroatoms. The number of hydrogen-bond acceptors (Lipinski definition) is 6. The molecule has 0 radical (unpaired) electrons. The van der Waals surface area contributed by atoms with E-state index in [1.807, 2.05) is 18.7 Å². The van der Waals surface area contributed by atoms with Gasteiger partial charge in [-0.05, 0) is 37.3 Å². The molecule has 0 saturated carbocycles. The summed E-state index contributed by atoms with van der Waals surface area (Å²) in [5.74, 6) is 2.04. The van der Waals surface area contributed by atoms with Gasteiger partial charge in [0, 0.05) is 6.04 Å². The predicted octanol–water partition coefficient (Wildman–Crippen LogP) is 3.64. The van der Waals surface area contributed by atoms with Crippen LogP contribution in [0.15, 0.2) is 6.33 Å². The molecule has 0 aliphatic rings. The number of hydrogen-bond donors (Lipinski definition) is 2. The molecule has 1 atom stereocenters. The first-order valence-electron chi connectivity index (χ1n) is 6.86. The van der Waals surface area contributed by atoms with E-state index in [1.165, 1.54) is 17.7 Å². The van der Waals surface area contributed by atoms with Gasteiger partial charge in [0.1, 0.15) is 21.9 Å². The number of carboxylic acid groups (broad SMARTS) is 1. The van der Waals surface area contributed by atoms with Gasteiger partial charge in [-0.15, -0.1) is 11.3 Å². The fraction of sp³-hybridized carbons (Fsp3) is 0.500. The van der Waals surface area contributed by atoms with E-state index >= 15 is 0 Å². The molecule has 114 valence electrons. The first-order valence-corrected chi connectivity index (χ1v) is 8.83. The molecule has 0 bridgehead atoms. The quantitative estimate of drug-likeness (QED) is 0.757. The standard InChI is InChI=1S/C14H19N3O2S2/c1-4-20-6-5-8(2)17-12-10-9(3)11(14(18)19)21-13(10)16-7-15-12/h7-8H,4-6H2,1-3H3,(H,18,19)(H,15,16,17). The van der Waals surface area contributed by atoms with Crippen LogP contribution < -0.4 is 5.32 Å². The molecule has 2 rings (SSSR count). The number of nitrogens with zero attached hydrogens (tertiary/aromatic N) is 2. The maximum atomic E-state index is 11.2. The Hall–Kier alpha value is -1.34. The molecule has 2 aromatic heterocycles. The highest BCUT2D eigenvalue weighted by Crippen LogP contribution is 2.33. The van der Waals surface area contributed by atoms with Crippen molar-refractivity contribution in [1.29, 1.82) is 0 Å². The molecule has 1 unspecified atom stereocenters. The summed E-state index contributed by atoms with van der Waals surface area (Å²) in [7, 11) is 0. The van der Waals surface area contributed by atoms with Crippen LogP contribution in [0.4, 0.5) is 5.82 Å². The minimum atomic E-state index is -0.908. The highest BCUT2D eigenvalue weighted by molar-refractivity contribution is 7.99. The number of aromatic carboxylic acids is 1. The second-order valence-electron chi connectivity index (χ2n) is 4.79. The smallest absolute Gasteiger partial charge is 0.346 e. The van der Waals surface area contributed by atoms with Gasteiger partial charge in [-0.3, -0.25) is 0 Å². The summed E-state index contributed by atoms with van der Waals surface area (Å²) in [6.07, 6.45) is 2.53. The van der Waals surface area contributed by atoms with Crippen molar-refractivity contribution in [2.45, 2.75) is 33.2 Å². The number of rotatable bonds is 7. The van der Waals surface area contributed by atoms with Crippen molar-refractivity contribution < 1.29 is 9.90 Å². The largest absolute Gasteiger partial charge is 0.477 e. The van der Waals surface area contributed by atoms with E-state index in [1.54, 1.807) is 0 Å². The monoisotopic (exact) mass is 325 g/mol.